The van der Waals surface area contributed by atoms with Crippen molar-refractivity contribution in [2.75, 3.05) is 26.0 Å². The van der Waals surface area contributed by atoms with Crippen molar-refractivity contribution in [1.82, 2.24) is 4.90 Å². The lowest BCUT2D eigenvalue weighted by atomic mass is 10.1. The maximum atomic E-state index is 11.9. The molecule has 0 aromatic heterocycles. The summed E-state index contributed by atoms with van der Waals surface area (Å²) in [4.78, 5) is 13.5. The van der Waals surface area contributed by atoms with Crippen LogP contribution in [0.25, 0.3) is 0 Å². The first-order chi connectivity index (χ1) is 7.56. The molecule has 3 heteroatoms. The van der Waals surface area contributed by atoms with Gasteiger partial charge in [0.25, 0.3) is 5.91 Å². The summed E-state index contributed by atoms with van der Waals surface area (Å²) in [5, 5.41) is 3.17. The lowest BCUT2D eigenvalue weighted by Gasteiger charge is -2.14. The molecule has 1 aromatic carbocycles. The normalized spacial score (nSPS) is 9.69. The average molecular weight is 218 g/mol. The van der Waals surface area contributed by atoms with E-state index in [9.17, 15) is 4.79 Å². The van der Waals surface area contributed by atoms with Crippen LogP contribution in [0.4, 0.5) is 5.69 Å². The van der Waals surface area contributed by atoms with Gasteiger partial charge in [0.1, 0.15) is 0 Å². The Hall–Kier alpha value is -1.77. The van der Waals surface area contributed by atoms with Gasteiger partial charge < -0.3 is 10.2 Å². The molecule has 86 valence electrons. The second kappa shape index (κ2) is 5.35. The molecule has 16 heavy (non-hydrogen) atoms. The Morgan fingerprint density at radius 1 is 1.50 bits per heavy atom. The molecule has 0 radical (unpaired) electrons. The molecule has 0 unspecified atom stereocenters. The van der Waals surface area contributed by atoms with Crippen molar-refractivity contribution in [3.05, 3.63) is 42.0 Å². The molecule has 1 amide bonds. The summed E-state index contributed by atoms with van der Waals surface area (Å²) in [5.74, 6) is 0.0275. The standard InChI is InChI=1S/C13H18N2O/c1-5-8-14-11-7-6-10(2)12(9-11)13(16)15(3)4/h5-7,9,14H,1,8H2,2-4H3. The SMILES string of the molecule is C=CCNc1ccc(C)c(C(=O)N(C)C)c1. The number of hydrogen-bond acceptors (Lipinski definition) is 2. The van der Waals surface area contributed by atoms with E-state index in [1.54, 1.807) is 25.1 Å². The highest BCUT2D eigenvalue weighted by atomic mass is 16.2. The first-order valence-corrected chi connectivity index (χ1v) is 5.23. The van der Waals surface area contributed by atoms with Gasteiger partial charge in [-0.2, -0.15) is 0 Å². The van der Waals surface area contributed by atoms with Gasteiger partial charge in [0.2, 0.25) is 0 Å². The van der Waals surface area contributed by atoms with Crippen molar-refractivity contribution in [1.29, 1.82) is 0 Å². The fourth-order valence-electron chi connectivity index (χ4n) is 1.39. The zero-order valence-electron chi connectivity index (χ0n) is 10.1. The first-order valence-electron chi connectivity index (χ1n) is 5.23. The summed E-state index contributed by atoms with van der Waals surface area (Å²) >= 11 is 0. The van der Waals surface area contributed by atoms with Gasteiger partial charge in [-0.25, -0.2) is 0 Å². The molecule has 1 rings (SSSR count). The molecule has 0 saturated heterocycles. The summed E-state index contributed by atoms with van der Waals surface area (Å²) in [6, 6.07) is 5.79. The smallest absolute Gasteiger partial charge is 0.253 e. The van der Waals surface area contributed by atoms with Gasteiger partial charge >= 0.3 is 0 Å². The van der Waals surface area contributed by atoms with Gasteiger partial charge in [-0.1, -0.05) is 12.1 Å². The Morgan fingerprint density at radius 3 is 2.75 bits per heavy atom. The van der Waals surface area contributed by atoms with Gasteiger partial charge in [-0.3, -0.25) is 4.79 Å². The topological polar surface area (TPSA) is 32.3 Å². The monoisotopic (exact) mass is 218 g/mol. The van der Waals surface area contributed by atoms with Crippen LogP contribution >= 0.6 is 0 Å². The van der Waals surface area contributed by atoms with E-state index in [0.717, 1.165) is 16.8 Å². The minimum Gasteiger partial charge on any atom is -0.382 e. The van der Waals surface area contributed by atoms with E-state index in [1.807, 2.05) is 25.1 Å². The predicted molar refractivity (Wildman–Crippen MR) is 67.9 cm³/mol. The molecule has 0 aliphatic heterocycles. The van der Waals surface area contributed by atoms with E-state index in [0.29, 0.717) is 6.54 Å². The van der Waals surface area contributed by atoms with E-state index in [4.69, 9.17) is 0 Å². The Labute approximate surface area is 96.8 Å². The zero-order valence-corrected chi connectivity index (χ0v) is 10.1. The molecular formula is C13H18N2O. The number of hydrogen-bond donors (Lipinski definition) is 1. The Morgan fingerprint density at radius 2 is 2.19 bits per heavy atom. The third kappa shape index (κ3) is 2.86. The largest absolute Gasteiger partial charge is 0.382 e. The summed E-state index contributed by atoms with van der Waals surface area (Å²) in [5.41, 5.74) is 2.66. The van der Waals surface area contributed by atoms with Gasteiger partial charge in [-0.05, 0) is 24.6 Å². The fourth-order valence-corrected chi connectivity index (χ4v) is 1.39. The highest BCUT2D eigenvalue weighted by Crippen LogP contribution is 2.16. The van der Waals surface area contributed by atoms with Crippen molar-refractivity contribution in [3.8, 4) is 0 Å². The van der Waals surface area contributed by atoms with Crippen LogP contribution in [0, 0.1) is 6.92 Å². The minimum atomic E-state index is 0.0275. The van der Waals surface area contributed by atoms with Crippen LogP contribution in [-0.4, -0.2) is 31.4 Å². The van der Waals surface area contributed by atoms with E-state index < -0.39 is 0 Å². The molecule has 0 spiro atoms. The average Bonchev–Trinajstić information content (AvgIpc) is 2.27. The quantitative estimate of drug-likeness (QED) is 0.786. The molecule has 1 N–H and O–H groups in total. The van der Waals surface area contributed by atoms with Crippen LogP contribution in [0.3, 0.4) is 0 Å². The molecule has 1 aromatic rings. The lowest BCUT2D eigenvalue weighted by Crippen LogP contribution is -2.22. The predicted octanol–water partition coefficient (Wildman–Crippen LogP) is 2.29. The van der Waals surface area contributed by atoms with Crippen LogP contribution in [0.2, 0.25) is 0 Å². The number of amides is 1. The van der Waals surface area contributed by atoms with Crippen LogP contribution < -0.4 is 5.32 Å². The van der Waals surface area contributed by atoms with Crippen LogP contribution in [-0.2, 0) is 0 Å². The molecule has 0 bridgehead atoms. The second-order valence-corrected chi connectivity index (χ2v) is 3.90. The maximum absolute atomic E-state index is 11.9. The summed E-state index contributed by atoms with van der Waals surface area (Å²) in [7, 11) is 3.51. The Kier molecular flexibility index (Phi) is 4.11. The Bertz CT molecular complexity index is 397. The van der Waals surface area contributed by atoms with Crippen molar-refractivity contribution < 1.29 is 4.79 Å². The Balaban J connectivity index is 2.98. The van der Waals surface area contributed by atoms with Crippen molar-refractivity contribution >= 4 is 11.6 Å². The number of nitrogens with one attached hydrogen (secondary N) is 1. The third-order valence-corrected chi connectivity index (χ3v) is 2.32. The van der Waals surface area contributed by atoms with Gasteiger partial charge in [0.15, 0.2) is 0 Å². The highest BCUT2D eigenvalue weighted by molar-refractivity contribution is 5.96. The second-order valence-electron chi connectivity index (χ2n) is 3.90. The fraction of sp³-hybridized carbons (Fsp3) is 0.308. The molecule has 0 aliphatic rings. The number of benzene rings is 1. The molecule has 0 aliphatic carbocycles. The molecular weight excluding hydrogens is 200 g/mol. The number of carbonyl (C=O) groups is 1. The number of aryl methyl sites for hydroxylation is 1. The van der Waals surface area contributed by atoms with E-state index in [1.165, 1.54) is 0 Å². The van der Waals surface area contributed by atoms with E-state index >= 15 is 0 Å². The highest BCUT2D eigenvalue weighted by Gasteiger charge is 2.11. The summed E-state index contributed by atoms with van der Waals surface area (Å²) < 4.78 is 0. The van der Waals surface area contributed by atoms with E-state index in [-0.39, 0.29) is 5.91 Å². The van der Waals surface area contributed by atoms with Crippen LogP contribution in [0.1, 0.15) is 15.9 Å². The lowest BCUT2D eigenvalue weighted by molar-refractivity contribution is 0.0827. The molecule has 0 saturated carbocycles. The molecule has 0 fully saturated rings. The molecule has 0 atom stereocenters. The number of carbonyl (C=O) groups excluding carboxylic acids is 1. The minimum absolute atomic E-state index is 0.0275. The van der Waals surface area contributed by atoms with Gasteiger partial charge in [-0.15, -0.1) is 6.58 Å². The maximum Gasteiger partial charge on any atom is 0.253 e. The molecule has 0 heterocycles. The van der Waals surface area contributed by atoms with E-state index in [2.05, 4.69) is 11.9 Å². The molecule has 3 nitrogen and oxygen atoms in total. The van der Waals surface area contributed by atoms with Crippen LogP contribution in [0.5, 0.6) is 0 Å². The van der Waals surface area contributed by atoms with Gasteiger partial charge in [0, 0.05) is 31.9 Å². The first kappa shape index (κ1) is 12.3. The number of anilines is 1. The van der Waals surface area contributed by atoms with Gasteiger partial charge in [0.05, 0.1) is 0 Å². The number of nitrogens with zero attached hydrogens (tertiary/aromatic N) is 1. The third-order valence-electron chi connectivity index (χ3n) is 2.32. The number of rotatable bonds is 4. The van der Waals surface area contributed by atoms with Crippen molar-refractivity contribution in [2.45, 2.75) is 6.92 Å². The summed E-state index contributed by atoms with van der Waals surface area (Å²) in [6.45, 7) is 6.27. The van der Waals surface area contributed by atoms with Crippen molar-refractivity contribution in [2.24, 2.45) is 0 Å². The van der Waals surface area contributed by atoms with Crippen LogP contribution in [0.15, 0.2) is 30.9 Å². The van der Waals surface area contributed by atoms with Crippen molar-refractivity contribution in [3.63, 3.8) is 0 Å². The zero-order chi connectivity index (χ0) is 12.1. The summed E-state index contributed by atoms with van der Waals surface area (Å²) in [6.07, 6.45) is 1.79.